The molecule has 3 amide bonds. The van der Waals surface area contributed by atoms with E-state index in [1.54, 1.807) is 40.9 Å². The molecule has 3 fully saturated rings. The van der Waals surface area contributed by atoms with E-state index < -0.39 is 35.8 Å². The number of aromatic nitrogens is 3. The first kappa shape index (κ1) is 37.5. The van der Waals surface area contributed by atoms with E-state index >= 15 is 8.78 Å². The fraction of sp³-hybridized carbons (Fsp3) is 0.475. The maximum absolute atomic E-state index is 15.6. The molecule has 3 aliphatic rings. The number of imidazole rings is 1. The molecule has 3 aromatic heterocycles. The van der Waals surface area contributed by atoms with Crippen LogP contribution >= 0.6 is 0 Å². The second kappa shape index (κ2) is 15.5. The number of carbonyl (C=O) groups excluding carboxylic acids is 3. The van der Waals surface area contributed by atoms with E-state index in [0.29, 0.717) is 42.9 Å². The van der Waals surface area contributed by atoms with E-state index in [4.69, 9.17) is 9.72 Å². The number of nitrogens with one attached hydrogen (secondary N) is 2. The van der Waals surface area contributed by atoms with Crippen LogP contribution in [0.2, 0.25) is 0 Å². The fourth-order valence-corrected chi connectivity index (χ4v) is 8.14. The molecule has 0 spiro atoms. The zero-order chi connectivity index (χ0) is 38.1. The number of imide groups is 1. The monoisotopic (exact) mass is 748 g/mol. The van der Waals surface area contributed by atoms with E-state index in [1.807, 2.05) is 24.9 Å². The zero-order valence-electron chi connectivity index (χ0n) is 30.2. The Labute approximate surface area is 310 Å². The van der Waals surface area contributed by atoms with Gasteiger partial charge in [-0.25, -0.2) is 27.5 Å². The summed E-state index contributed by atoms with van der Waals surface area (Å²) in [5.74, 6) is -4.66. The van der Waals surface area contributed by atoms with Crippen molar-refractivity contribution in [3.63, 3.8) is 0 Å². The molecule has 2 atom stereocenters. The number of piperidine rings is 2. The first-order valence-electron chi connectivity index (χ1n) is 18.6. The molecule has 54 heavy (non-hydrogen) atoms. The second-order valence-electron chi connectivity index (χ2n) is 15.1. The average Bonchev–Trinajstić information content (AvgIpc) is 3.54. The number of halogens is 4. The topological polar surface area (TPSA) is 118 Å². The lowest BCUT2D eigenvalue weighted by molar-refractivity contribution is -0.134. The first-order valence-corrected chi connectivity index (χ1v) is 18.6. The number of rotatable bonds is 10. The lowest BCUT2D eigenvalue weighted by Crippen LogP contribution is -2.49. The summed E-state index contributed by atoms with van der Waals surface area (Å²) in [7, 11) is 0. The number of hydrogen-bond donors (Lipinski definition) is 2. The van der Waals surface area contributed by atoms with Crippen molar-refractivity contribution in [2.75, 3.05) is 25.0 Å². The Morgan fingerprint density at radius 1 is 0.981 bits per heavy atom. The number of anilines is 1. The van der Waals surface area contributed by atoms with Crippen LogP contribution in [0.5, 0.6) is 5.75 Å². The average molecular weight is 749 g/mol. The minimum Gasteiger partial charge on any atom is -0.490 e. The number of hydrogen-bond acceptors (Lipinski definition) is 7. The van der Waals surface area contributed by atoms with Gasteiger partial charge in [-0.15, -0.1) is 0 Å². The van der Waals surface area contributed by atoms with E-state index in [2.05, 4.69) is 15.6 Å². The second-order valence-corrected chi connectivity index (χ2v) is 15.1. The summed E-state index contributed by atoms with van der Waals surface area (Å²) < 4.78 is 65.3. The van der Waals surface area contributed by atoms with Crippen LogP contribution in [0.4, 0.5) is 23.4 Å². The summed E-state index contributed by atoms with van der Waals surface area (Å²) in [5.41, 5.74) is 2.55. The summed E-state index contributed by atoms with van der Waals surface area (Å²) in [6.45, 7) is 4.56. The van der Waals surface area contributed by atoms with Crippen molar-refractivity contribution in [3.05, 3.63) is 89.0 Å². The molecule has 1 aromatic carbocycles. The van der Waals surface area contributed by atoms with Crippen molar-refractivity contribution in [2.45, 2.75) is 95.0 Å². The molecular weight excluding hydrogens is 704 g/mol. The Kier molecular flexibility index (Phi) is 10.7. The molecule has 14 heteroatoms. The minimum absolute atomic E-state index is 0.00267. The quantitative estimate of drug-likeness (QED) is 0.127. The molecule has 1 saturated carbocycles. The number of alkyl halides is 4. The minimum atomic E-state index is -2.90. The van der Waals surface area contributed by atoms with E-state index in [0.717, 1.165) is 36.9 Å². The molecule has 2 saturated heterocycles. The maximum Gasteiger partial charge on any atom is 0.280 e. The van der Waals surface area contributed by atoms with E-state index in [-0.39, 0.29) is 54.1 Å². The van der Waals surface area contributed by atoms with Gasteiger partial charge in [-0.05, 0) is 88.1 Å². The Bertz CT molecular complexity index is 2010. The van der Waals surface area contributed by atoms with Crippen LogP contribution in [0.25, 0.3) is 5.65 Å². The molecule has 286 valence electrons. The molecule has 1 aliphatic carbocycles. The normalized spacial score (nSPS) is 23.5. The Morgan fingerprint density at radius 2 is 1.72 bits per heavy atom. The van der Waals surface area contributed by atoms with Gasteiger partial charge in [0, 0.05) is 37.3 Å². The van der Waals surface area contributed by atoms with Gasteiger partial charge in [0.15, 0.2) is 0 Å². The number of benzene rings is 1. The number of amides is 3. The Balaban J connectivity index is 0.956. The van der Waals surface area contributed by atoms with Gasteiger partial charge in [0.2, 0.25) is 11.8 Å². The van der Waals surface area contributed by atoms with Crippen molar-refractivity contribution in [1.82, 2.24) is 24.6 Å². The highest BCUT2D eigenvalue weighted by Gasteiger charge is 2.45. The summed E-state index contributed by atoms with van der Waals surface area (Å²) in [4.78, 5) is 47.7. The van der Waals surface area contributed by atoms with Crippen LogP contribution < -0.4 is 15.4 Å². The van der Waals surface area contributed by atoms with E-state index in [1.165, 1.54) is 18.2 Å². The predicted molar refractivity (Wildman–Crippen MR) is 193 cm³/mol. The summed E-state index contributed by atoms with van der Waals surface area (Å²) in [5, 5.41) is 4.96. The van der Waals surface area contributed by atoms with Crippen LogP contribution in [-0.2, 0) is 9.59 Å². The molecule has 10 nitrogen and oxygen atoms in total. The zero-order valence-corrected chi connectivity index (χ0v) is 30.2. The molecule has 4 aromatic rings. The third-order valence-corrected chi connectivity index (χ3v) is 10.9. The lowest BCUT2D eigenvalue weighted by atomic mass is 9.79. The standard InChI is InChI=1S/C40H44F4N6O4/c1-23(2)54-33-18-35-46-32(21-50(35)20-29(33)39(53)47-34-5-3-4-31(45-34)37(41)42)27-8-6-24(7-9-27)19-49-17-16-30(40(43,44)22-49)26-12-10-25(11-13-26)28-14-15-36(51)48-38(28)52/h3-5,10-13,18,20-21,23-24,27-28,30,37H,6-9,14-17,19,22H2,1-2H3,(H,45,47,53)(H,48,51,52). The molecule has 2 aliphatic heterocycles. The molecule has 5 heterocycles. The van der Waals surface area contributed by atoms with E-state index in [9.17, 15) is 23.2 Å². The number of fused-ring (bicyclic) bond motifs is 1. The maximum atomic E-state index is 15.6. The molecule has 2 unspecified atom stereocenters. The lowest BCUT2D eigenvalue weighted by Gasteiger charge is -2.41. The third kappa shape index (κ3) is 8.28. The largest absolute Gasteiger partial charge is 0.490 e. The SMILES string of the molecule is CC(C)Oc1cc2nc(C3CCC(CN4CCC(c5ccc(C6CCC(=O)NC6=O)cc5)C(F)(F)C4)CC3)cn2cc1C(=O)Nc1cccc(C(F)F)n1. The van der Waals surface area contributed by atoms with Crippen LogP contribution in [0.1, 0.15) is 116 Å². The highest BCUT2D eigenvalue weighted by molar-refractivity contribution is 6.06. The van der Waals surface area contributed by atoms with Gasteiger partial charge in [0.05, 0.1) is 35.7 Å². The highest BCUT2D eigenvalue weighted by Crippen LogP contribution is 2.42. The number of pyridine rings is 2. The van der Waals surface area contributed by atoms with Gasteiger partial charge < -0.3 is 14.5 Å². The van der Waals surface area contributed by atoms with Crippen LogP contribution in [0.3, 0.4) is 0 Å². The summed E-state index contributed by atoms with van der Waals surface area (Å²) in [6, 6.07) is 12.6. The number of ether oxygens (including phenoxy) is 1. The van der Waals surface area contributed by atoms with Gasteiger partial charge in [-0.1, -0.05) is 30.3 Å². The van der Waals surface area contributed by atoms with Crippen LogP contribution in [-0.4, -0.2) is 68.7 Å². The van der Waals surface area contributed by atoms with Gasteiger partial charge in [-0.2, -0.15) is 0 Å². The third-order valence-electron chi connectivity index (χ3n) is 10.9. The Hall–Kier alpha value is -4.85. The van der Waals surface area contributed by atoms with Gasteiger partial charge in [0.1, 0.15) is 22.9 Å². The van der Waals surface area contributed by atoms with Crippen LogP contribution in [0, 0.1) is 5.92 Å². The van der Waals surface area contributed by atoms with Crippen molar-refractivity contribution in [2.24, 2.45) is 5.92 Å². The number of likely N-dealkylation sites (tertiary alicyclic amines) is 1. The fourth-order valence-electron chi connectivity index (χ4n) is 8.14. The van der Waals surface area contributed by atoms with Crippen molar-refractivity contribution in [1.29, 1.82) is 0 Å². The number of carbonyl (C=O) groups is 3. The first-order chi connectivity index (χ1) is 25.8. The van der Waals surface area contributed by atoms with Gasteiger partial charge >= 0.3 is 0 Å². The molecular formula is C40H44F4N6O4. The van der Waals surface area contributed by atoms with Gasteiger partial charge in [0.25, 0.3) is 18.3 Å². The summed E-state index contributed by atoms with van der Waals surface area (Å²) in [6.07, 6.45) is 5.00. The van der Waals surface area contributed by atoms with Crippen molar-refractivity contribution in [3.8, 4) is 5.75 Å². The smallest absolute Gasteiger partial charge is 0.280 e. The molecule has 0 radical (unpaired) electrons. The molecule has 7 rings (SSSR count). The highest BCUT2D eigenvalue weighted by atomic mass is 19.3. The number of nitrogens with zero attached hydrogens (tertiary/aromatic N) is 4. The molecule has 0 bridgehead atoms. The molecule has 2 N–H and O–H groups in total. The van der Waals surface area contributed by atoms with Crippen LogP contribution in [0.15, 0.2) is 60.9 Å². The Morgan fingerprint density at radius 3 is 2.41 bits per heavy atom. The summed E-state index contributed by atoms with van der Waals surface area (Å²) >= 11 is 0. The van der Waals surface area contributed by atoms with Crippen molar-refractivity contribution < 1.29 is 36.7 Å². The van der Waals surface area contributed by atoms with Crippen molar-refractivity contribution >= 4 is 29.2 Å². The predicted octanol–water partition coefficient (Wildman–Crippen LogP) is 7.63. The van der Waals surface area contributed by atoms with Gasteiger partial charge in [-0.3, -0.25) is 24.6 Å².